The minimum atomic E-state index is -1.31. The lowest BCUT2D eigenvalue weighted by Crippen LogP contribution is -2.56. The second-order valence-electron chi connectivity index (χ2n) is 7.95. The zero-order valence-corrected chi connectivity index (χ0v) is 16.3. The number of halogens is 1. The molecule has 1 atom stereocenters. The Labute approximate surface area is 166 Å². The van der Waals surface area contributed by atoms with Crippen LogP contribution in [-0.2, 0) is 4.84 Å². The molecule has 1 aromatic carbocycles. The predicted octanol–water partition coefficient (Wildman–Crippen LogP) is 2.10. The van der Waals surface area contributed by atoms with Gasteiger partial charge in [0.05, 0.1) is 29.0 Å². The van der Waals surface area contributed by atoms with Crippen LogP contribution in [0.2, 0.25) is 0 Å². The van der Waals surface area contributed by atoms with Gasteiger partial charge in [0.1, 0.15) is 18.5 Å². The number of carboxylic acids is 1. The number of rotatable bonds is 4. The highest BCUT2D eigenvalue weighted by molar-refractivity contribution is 5.98. The fourth-order valence-electron chi connectivity index (χ4n) is 3.81. The number of aromatic carboxylic acids is 1. The Balaban J connectivity index is 1.85. The molecular formula is C20H23FN4O4. The number of nitrogens with two attached hydrogens (primary N) is 1. The Hall–Kier alpha value is -2.94. The predicted molar refractivity (Wildman–Crippen MR) is 107 cm³/mol. The molecule has 0 spiro atoms. The Morgan fingerprint density at radius 3 is 2.76 bits per heavy atom. The SMILES string of the molecule is CO/N=C1\CN(c2cc3c(cc2F)c(=O)c(C(=O)O)cn3C2CC2)CCC1(C)N. The molecule has 0 radical (unpaired) electrons. The van der Waals surface area contributed by atoms with Crippen LogP contribution in [0.25, 0.3) is 10.9 Å². The van der Waals surface area contributed by atoms with E-state index in [2.05, 4.69) is 5.16 Å². The number of aromatic nitrogens is 1. The van der Waals surface area contributed by atoms with E-state index in [4.69, 9.17) is 10.6 Å². The fraction of sp³-hybridized carbons (Fsp3) is 0.450. The van der Waals surface area contributed by atoms with Crippen LogP contribution >= 0.6 is 0 Å². The fourth-order valence-corrected chi connectivity index (χ4v) is 3.81. The summed E-state index contributed by atoms with van der Waals surface area (Å²) in [7, 11) is 1.44. The van der Waals surface area contributed by atoms with Crippen LogP contribution in [0.3, 0.4) is 0 Å². The number of carbonyl (C=O) groups is 1. The molecule has 8 nitrogen and oxygen atoms in total. The van der Waals surface area contributed by atoms with Crippen LogP contribution in [0, 0.1) is 5.82 Å². The van der Waals surface area contributed by atoms with Gasteiger partial charge in [0.2, 0.25) is 5.43 Å². The summed E-state index contributed by atoms with van der Waals surface area (Å²) in [6.45, 7) is 2.67. The molecule has 29 heavy (non-hydrogen) atoms. The summed E-state index contributed by atoms with van der Waals surface area (Å²) in [5, 5.41) is 13.4. The third-order valence-electron chi connectivity index (χ3n) is 5.71. The second kappa shape index (κ2) is 6.84. The van der Waals surface area contributed by atoms with Crippen LogP contribution < -0.4 is 16.1 Å². The Morgan fingerprint density at radius 1 is 1.41 bits per heavy atom. The number of carboxylic acid groups (broad SMARTS) is 1. The molecule has 3 N–H and O–H groups in total. The van der Waals surface area contributed by atoms with Crippen molar-refractivity contribution >= 4 is 28.3 Å². The van der Waals surface area contributed by atoms with Gasteiger partial charge in [-0.15, -0.1) is 0 Å². The minimum Gasteiger partial charge on any atom is -0.477 e. The van der Waals surface area contributed by atoms with E-state index < -0.39 is 22.8 Å². The maximum absolute atomic E-state index is 15.0. The van der Waals surface area contributed by atoms with Crippen molar-refractivity contribution in [2.75, 3.05) is 25.1 Å². The summed E-state index contributed by atoms with van der Waals surface area (Å²) in [6.07, 6.45) is 3.71. The number of hydrogen-bond donors (Lipinski definition) is 2. The van der Waals surface area contributed by atoms with Crippen molar-refractivity contribution in [1.29, 1.82) is 0 Å². The first-order valence-electron chi connectivity index (χ1n) is 9.49. The first-order chi connectivity index (χ1) is 13.7. The van der Waals surface area contributed by atoms with Crippen LogP contribution in [0.1, 0.15) is 42.6 Å². The normalized spacial score (nSPS) is 23.6. The Kier molecular flexibility index (Phi) is 4.57. The number of hydrogen-bond acceptors (Lipinski definition) is 6. The summed E-state index contributed by atoms with van der Waals surface area (Å²) in [5.74, 6) is -1.90. The van der Waals surface area contributed by atoms with Gasteiger partial charge in [0.15, 0.2) is 0 Å². The Morgan fingerprint density at radius 2 is 2.14 bits per heavy atom. The van der Waals surface area contributed by atoms with Gasteiger partial charge in [-0.25, -0.2) is 9.18 Å². The second-order valence-corrected chi connectivity index (χ2v) is 7.95. The summed E-state index contributed by atoms with van der Waals surface area (Å²) < 4.78 is 16.8. The highest BCUT2D eigenvalue weighted by atomic mass is 19.1. The average Bonchev–Trinajstić information content (AvgIpc) is 3.49. The molecule has 1 saturated carbocycles. The van der Waals surface area contributed by atoms with E-state index in [1.165, 1.54) is 13.3 Å². The zero-order chi connectivity index (χ0) is 20.9. The number of nitrogens with zero attached hydrogens (tertiary/aromatic N) is 3. The maximum atomic E-state index is 15.0. The number of anilines is 1. The van der Waals surface area contributed by atoms with Crippen LogP contribution in [0.15, 0.2) is 28.3 Å². The quantitative estimate of drug-likeness (QED) is 0.758. The number of piperidine rings is 1. The number of oxime groups is 1. The van der Waals surface area contributed by atoms with Gasteiger partial charge in [-0.1, -0.05) is 5.16 Å². The lowest BCUT2D eigenvalue weighted by atomic mass is 9.88. The minimum absolute atomic E-state index is 0.0736. The van der Waals surface area contributed by atoms with E-state index >= 15 is 4.39 Å². The molecule has 2 fully saturated rings. The van der Waals surface area contributed by atoms with Gasteiger partial charge in [0, 0.05) is 24.2 Å². The molecule has 154 valence electrons. The molecule has 1 saturated heterocycles. The maximum Gasteiger partial charge on any atom is 0.341 e. The largest absolute Gasteiger partial charge is 0.477 e. The van der Waals surface area contributed by atoms with Crippen molar-refractivity contribution in [2.24, 2.45) is 10.9 Å². The van der Waals surface area contributed by atoms with Crippen LogP contribution in [0.5, 0.6) is 0 Å². The lowest BCUT2D eigenvalue weighted by Gasteiger charge is -2.38. The van der Waals surface area contributed by atoms with Crippen molar-refractivity contribution in [3.63, 3.8) is 0 Å². The first-order valence-corrected chi connectivity index (χ1v) is 9.49. The third-order valence-corrected chi connectivity index (χ3v) is 5.71. The van der Waals surface area contributed by atoms with E-state index in [9.17, 15) is 14.7 Å². The van der Waals surface area contributed by atoms with Crippen molar-refractivity contribution in [2.45, 2.75) is 37.8 Å². The molecule has 0 bridgehead atoms. The lowest BCUT2D eigenvalue weighted by molar-refractivity contribution is 0.0695. The summed E-state index contributed by atoms with van der Waals surface area (Å²) in [5.41, 5.74) is 6.08. The number of benzene rings is 1. The standard InChI is InChI=1S/C20H23FN4O4/c1-20(22)5-6-24(10-17(20)23-29-2)16-8-15-12(7-14(16)21)18(26)13(19(27)28)9-25(15)11-3-4-11/h7-9,11H,3-6,10,22H2,1-2H3,(H,27,28)/b23-17+. The van der Waals surface area contributed by atoms with Gasteiger partial charge in [-0.05, 0) is 38.3 Å². The molecule has 1 aliphatic carbocycles. The van der Waals surface area contributed by atoms with Crippen LogP contribution in [0.4, 0.5) is 10.1 Å². The summed E-state index contributed by atoms with van der Waals surface area (Å²) >= 11 is 0. The van der Waals surface area contributed by atoms with E-state index in [1.807, 2.05) is 11.8 Å². The van der Waals surface area contributed by atoms with E-state index in [0.29, 0.717) is 36.4 Å². The molecule has 2 aromatic rings. The summed E-state index contributed by atoms with van der Waals surface area (Å²) in [4.78, 5) is 30.8. The summed E-state index contributed by atoms with van der Waals surface area (Å²) in [6, 6.07) is 2.88. The van der Waals surface area contributed by atoms with E-state index in [0.717, 1.165) is 18.9 Å². The van der Waals surface area contributed by atoms with Crippen LogP contribution in [-0.4, -0.2) is 47.1 Å². The monoisotopic (exact) mass is 402 g/mol. The molecule has 9 heteroatoms. The van der Waals surface area contributed by atoms with Crippen molar-refractivity contribution in [1.82, 2.24) is 4.57 Å². The molecule has 2 aliphatic rings. The van der Waals surface area contributed by atoms with Crippen molar-refractivity contribution in [3.05, 3.63) is 39.9 Å². The molecule has 2 heterocycles. The van der Waals surface area contributed by atoms with Gasteiger partial charge >= 0.3 is 5.97 Å². The van der Waals surface area contributed by atoms with Gasteiger partial charge in [-0.2, -0.15) is 0 Å². The molecule has 1 aliphatic heterocycles. The molecule has 1 unspecified atom stereocenters. The zero-order valence-electron chi connectivity index (χ0n) is 16.3. The van der Waals surface area contributed by atoms with E-state index in [-0.39, 0.29) is 17.0 Å². The van der Waals surface area contributed by atoms with Crippen molar-refractivity contribution < 1.29 is 19.1 Å². The highest BCUT2D eigenvalue weighted by Crippen LogP contribution is 2.38. The molecule has 0 amide bonds. The smallest absolute Gasteiger partial charge is 0.341 e. The number of fused-ring (bicyclic) bond motifs is 1. The average molecular weight is 402 g/mol. The van der Waals surface area contributed by atoms with Crippen molar-refractivity contribution in [3.8, 4) is 0 Å². The topological polar surface area (TPSA) is 110 Å². The molecule has 4 rings (SSSR count). The van der Waals surface area contributed by atoms with Gasteiger partial charge in [0.25, 0.3) is 0 Å². The Bertz CT molecular complexity index is 1090. The van der Waals surface area contributed by atoms with Gasteiger partial charge < -0.3 is 25.1 Å². The van der Waals surface area contributed by atoms with E-state index in [1.54, 1.807) is 10.6 Å². The molecule has 1 aromatic heterocycles. The van der Waals surface area contributed by atoms with Gasteiger partial charge in [-0.3, -0.25) is 4.79 Å². The third kappa shape index (κ3) is 3.35. The molecular weight excluding hydrogens is 379 g/mol. The highest BCUT2D eigenvalue weighted by Gasteiger charge is 2.35. The number of pyridine rings is 1. The first kappa shape index (κ1) is 19.4.